The van der Waals surface area contributed by atoms with E-state index in [9.17, 15) is 5.11 Å². The molecule has 0 aliphatic heterocycles. The van der Waals surface area contributed by atoms with Crippen molar-refractivity contribution in [2.24, 2.45) is 0 Å². The van der Waals surface area contributed by atoms with Crippen molar-refractivity contribution in [3.8, 4) is 5.75 Å². The zero-order chi connectivity index (χ0) is 15.3. The number of nitrogens with one attached hydrogen (secondary N) is 1. The highest BCUT2D eigenvalue weighted by Crippen LogP contribution is 2.33. The minimum absolute atomic E-state index is 0.232. The van der Waals surface area contributed by atoms with E-state index in [-0.39, 0.29) is 6.04 Å². The van der Waals surface area contributed by atoms with Crippen LogP contribution in [0.3, 0.4) is 0 Å². The SMILES string of the molecule is CCCNC(C)c1cc(Br)ccc1OCC1(O)CCCC1. The number of hydrogen-bond acceptors (Lipinski definition) is 3. The topological polar surface area (TPSA) is 41.5 Å². The van der Waals surface area contributed by atoms with Gasteiger partial charge >= 0.3 is 0 Å². The van der Waals surface area contributed by atoms with Gasteiger partial charge < -0.3 is 15.2 Å². The van der Waals surface area contributed by atoms with Crippen LogP contribution in [0.15, 0.2) is 22.7 Å². The van der Waals surface area contributed by atoms with Crippen molar-refractivity contribution in [2.45, 2.75) is 57.6 Å². The van der Waals surface area contributed by atoms with Crippen molar-refractivity contribution in [3.05, 3.63) is 28.2 Å². The van der Waals surface area contributed by atoms with E-state index in [0.717, 1.165) is 54.4 Å². The van der Waals surface area contributed by atoms with E-state index >= 15 is 0 Å². The Morgan fingerprint density at radius 1 is 1.38 bits per heavy atom. The second-order valence-electron chi connectivity index (χ2n) is 6.08. The van der Waals surface area contributed by atoms with E-state index in [0.29, 0.717) is 6.61 Å². The Balaban J connectivity index is 2.07. The molecule has 1 atom stereocenters. The van der Waals surface area contributed by atoms with Crippen molar-refractivity contribution in [2.75, 3.05) is 13.2 Å². The van der Waals surface area contributed by atoms with Gasteiger partial charge in [0.15, 0.2) is 0 Å². The van der Waals surface area contributed by atoms with Gasteiger partial charge in [-0.15, -0.1) is 0 Å². The molecule has 118 valence electrons. The fraction of sp³-hybridized carbons (Fsp3) is 0.647. The van der Waals surface area contributed by atoms with Crippen LogP contribution in [0.5, 0.6) is 5.75 Å². The Kier molecular flexibility index (Phi) is 6.08. The first kappa shape index (κ1) is 16.8. The molecule has 2 rings (SSSR count). The first-order chi connectivity index (χ1) is 10.0. The number of hydrogen-bond donors (Lipinski definition) is 2. The van der Waals surface area contributed by atoms with Gasteiger partial charge in [0.2, 0.25) is 0 Å². The number of benzene rings is 1. The highest BCUT2D eigenvalue weighted by Gasteiger charge is 2.32. The first-order valence-corrected chi connectivity index (χ1v) is 8.71. The Bertz CT molecular complexity index is 458. The lowest BCUT2D eigenvalue weighted by atomic mass is 10.0. The molecule has 0 amide bonds. The third-order valence-corrected chi connectivity index (χ3v) is 4.66. The molecule has 0 saturated heterocycles. The number of ether oxygens (including phenoxy) is 1. The molecule has 0 radical (unpaired) electrons. The number of rotatable bonds is 7. The third-order valence-electron chi connectivity index (χ3n) is 4.17. The zero-order valence-corrected chi connectivity index (χ0v) is 14.6. The van der Waals surface area contributed by atoms with Crippen LogP contribution in [0.25, 0.3) is 0 Å². The van der Waals surface area contributed by atoms with E-state index in [1.165, 1.54) is 0 Å². The fourth-order valence-corrected chi connectivity index (χ4v) is 3.23. The lowest BCUT2D eigenvalue weighted by Crippen LogP contribution is -2.32. The Morgan fingerprint density at radius 3 is 2.76 bits per heavy atom. The largest absolute Gasteiger partial charge is 0.490 e. The van der Waals surface area contributed by atoms with E-state index in [1.807, 2.05) is 12.1 Å². The summed E-state index contributed by atoms with van der Waals surface area (Å²) in [5.74, 6) is 0.870. The molecule has 0 bridgehead atoms. The van der Waals surface area contributed by atoms with Gasteiger partial charge in [-0.25, -0.2) is 0 Å². The second-order valence-corrected chi connectivity index (χ2v) is 6.99. The number of aliphatic hydroxyl groups is 1. The van der Waals surface area contributed by atoms with E-state index in [2.05, 4.69) is 41.2 Å². The van der Waals surface area contributed by atoms with E-state index < -0.39 is 5.60 Å². The summed E-state index contributed by atoms with van der Waals surface area (Å²) in [5, 5.41) is 13.9. The molecule has 21 heavy (non-hydrogen) atoms. The summed E-state index contributed by atoms with van der Waals surface area (Å²) in [6.45, 7) is 5.68. The Morgan fingerprint density at radius 2 is 2.10 bits per heavy atom. The van der Waals surface area contributed by atoms with Crippen LogP contribution >= 0.6 is 15.9 Å². The van der Waals surface area contributed by atoms with Gasteiger partial charge in [-0.3, -0.25) is 0 Å². The van der Waals surface area contributed by atoms with Crippen molar-refractivity contribution < 1.29 is 9.84 Å². The molecule has 1 aromatic carbocycles. The number of halogens is 1. The summed E-state index contributed by atoms with van der Waals surface area (Å²) >= 11 is 3.53. The molecule has 1 fully saturated rings. The highest BCUT2D eigenvalue weighted by molar-refractivity contribution is 9.10. The van der Waals surface area contributed by atoms with Crippen LogP contribution < -0.4 is 10.1 Å². The standard InChI is InChI=1S/C17H26BrNO2/c1-3-10-19-13(2)15-11-14(18)6-7-16(15)21-12-17(20)8-4-5-9-17/h6-7,11,13,19-20H,3-5,8-10,12H2,1-2H3. The molecule has 1 aromatic rings. The van der Waals surface area contributed by atoms with Gasteiger partial charge in [-0.1, -0.05) is 35.7 Å². The van der Waals surface area contributed by atoms with Crippen molar-refractivity contribution >= 4 is 15.9 Å². The molecule has 0 aromatic heterocycles. The summed E-state index contributed by atoms with van der Waals surface area (Å²) in [6.07, 6.45) is 5.00. The lowest BCUT2D eigenvalue weighted by Gasteiger charge is -2.24. The predicted molar refractivity (Wildman–Crippen MR) is 89.8 cm³/mol. The summed E-state index contributed by atoms with van der Waals surface area (Å²) in [7, 11) is 0. The minimum Gasteiger partial charge on any atom is -0.490 e. The third kappa shape index (κ3) is 4.70. The molecule has 1 aliphatic carbocycles. The molecule has 2 N–H and O–H groups in total. The van der Waals surface area contributed by atoms with Crippen LogP contribution in [0.4, 0.5) is 0 Å². The fourth-order valence-electron chi connectivity index (χ4n) is 2.85. The van der Waals surface area contributed by atoms with Gasteiger partial charge in [-0.05, 0) is 50.9 Å². The molecule has 3 nitrogen and oxygen atoms in total. The molecule has 1 aliphatic rings. The van der Waals surface area contributed by atoms with Crippen LogP contribution in [0, 0.1) is 0 Å². The average Bonchev–Trinajstić information content (AvgIpc) is 2.90. The molecule has 1 saturated carbocycles. The quantitative estimate of drug-likeness (QED) is 0.770. The normalized spacial score (nSPS) is 18.7. The summed E-state index contributed by atoms with van der Waals surface area (Å²) < 4.78 is 7.02. The lowest BCUT2D eigenvalue weighted by molar-refractivity contribution is 0.00100. The van der Waals surface area contributed by atoms with Crippen molar-refractivity contribution in [3.63, 3.8) is 0 Å². The zero-order valence-electron chi connectivity index (χ0n) is 13.0. The molecule has 1 unspecified atom stereocenters. The van der Waals surface area contributed by atoms with Crippen molar-refractivity contribution in [1.29, 1.82) is 0 Å². The maximum absolute atomic E-state index is 10.4. The maximum atomic E-state index is 10.4. The Hall–Kier alpha value is -0.580. The summed E-state index contributed by atoms with van der Waals surface area (Å²) in [5.41, 5.74) is 0.504. The van der Waals surface area contributed by atoms with Gasteiger partial charge in [-0.2, -0.15) is 0 Å². The van der Waals surface area contributed by atoms with E-state index in [1.54, 1.807) is 0 Å². The van der Waals surface area contributed by atoms with Crippen LogP contribution in [-0.4, -0.2) is 23.9 Å². The van der Waals surface area contributed by atoms with E-state index in [4.69, 9.17) is 4.74 Å². The Labute approximate surface area is 136 Å². The molecular weight excluding hydrogens is 330 g/mol. The molecule has 4 heteroatoms. The highest BCUT2D eigenvalue weighted by atomic mass is 79.9. The smallest absolute Gasteiger partial charge is 0.124 e. The van der Waals surface area contributed by atoms with Crippen LogP contribution in [0.2, 0.25) is 0 Å². The predicted octanol–water partition coefficient (Wildman–Crippen LogP) is 4.19. The minimum atomic E-state index is -0.634. The van der Waals surface area contributed by atoms with Gasteiger partial charge in [0, 0.05) is 16.1 Å². The summed E-state index contributed by atoms with van der Waals surface area (Å²) in [4.78, 5) is 0. The van der Waals surface area contributed by atoms with Crippen LogP contribution in [0.1, 0.15) is 57.6 Å². The van der Waals surface area contributed by atoms with Gasteiger partial charge in [0.25, 0.3) is 0 Å². The monoisotopic (exact) mass is 355 g/mol. The molecule has 0 heterocycles. The second kappa shape index (κ2) is 7.61. The van der Waals surface area contributed by atoms with Crippen LogP contribution in [-0.2, 0) is 0 Å². The molecular formula is C17H26BrNO2. The maximum Gasteiger partial charge on any atom is 0.124 e. The van der Waals surface area contributed by atoms with Gasteiger partial charge in [0.05, 0.1) is 5.60 Å². The van der Waals surface area contributed by atoms with Gasteiger partial charge in [0.1, 0.15) is 12.4 Å². The first-order valence-electron chi connectivity index (χ1n) is 7.92. The average molecular weight is 356 g/mol. The molecule has 0 spiro atoms. The van der Waals surface area contributed by atoms with Crippen molar-refractivity contribution in [1.82, 2.24) is 5.32 Å². The summed E-state index contributed by atoms with van der Waals surface area (Å²) in [6, 6.07) is 6.31.